The van der Waals surface area contributed by atoms with Gasteiger partial charge < -0.3 is 14.0 Å². The number of furan rings is 1. The number of benzene rings is 1. The van der Waals surface area contributed by atoms with E-state index in [1.165, 1.54) is 18.2 Å². The lowest BCUT2D eigenvalue weighted by Crippen LogP contribution is -2.31. The molecule has 2 aromatic heterocycles. The van der Waals surface area contributed by atoms with E-state index in [1.54, 1.807) is 18.2 Å². The van der Waals surface area contributed by atoms with Crippen molar-refractivity contribution in [3.05, 3.63) is 67.7 Å². The van der Waals surface area contributed by atoms with Crippen molar-refractivity contribution in [1.29, 1.82) is 0 Å². The Kier molecular flexibility index (Phi) is 3.67. The van der Waals surface area contributed by atoms with E-state index in [1.807, 2.05) is 0 Å². The maximum atomic E-state index is 11.5. The highest BCUT2D eigenvalue weighted by Gasteiger charge is 2.12. The molecule has 0 unspecified atom stereocenters. The first-order valence-corrected chi connectivity index (χ1v) is 6.84. The second-order valence-corrected chi connectivity index (χ2v) is 5.14. The quantitative estimate of drug-likeness (QED) is 0.763. The number of nitrogens with one attached hydrogen (secondary N) is 1. The van der Waals surface area contributed by atoms with Gasteiger partial charge in [0.2, 0.25) is 0 Å². The van der Waals surface area contributed by atoms with Gasteiger partial charge in [0.05, 0.1) is 21.2 Å². The Labute approximate surface area is 133 Å². The predicted molar refractivity (Wildman–Crippen MR) is 83.8 cm³/mol. The van der Waals surface area contributed by atoms with E-state index in [0.29, 0.717) is 22.4 Å². The van der Waals surface area contributed by atoms with Gasteiger partial charge in [-0.3, -0.25) is 0 Å². The van der Waals surface area contributed by atoms with Crippen LogP contribution in [0.4, 0.5) is 0 Å². The van der Waals surface area contributed by atoms with Gasteiger partial charge in [0.25, 0.3) is 0 Å². The van der Waals surface area contributed by atoms with Crippen molar-refractivity contribution in [2.45, 2.75) is 0 Å². The van der Waals surface area contributed by atoms with Crippen molar-refractivity contribution in [3.8, 4) is 11.3 Å². The second-order valence-electron chi connectivity index (χ2n) is 4.73. The molecule has 0 saturated heterocycles. The van der Waals surface area contributed by atoms with Crippen molar-refractivity contribution >= 4 is 30.2 Å². The van der Waals surface area contributed by atoms with Gasteiger partial charge in [-0.15, -0.1) is 0 Å². The van der Waals surface area contributed by atoms with Crippen LogP contribution in [0.15, 0.2) is 44.1 Å². The third kappa shape index (κ3) is 2.84. The van der Waals surface area contributed by atoms with Gasteiger partial charge in [0, 0.05) is 5.56 Å². The standard InChI is InChI=1S/C16H10ClNO5/c1-8-11(16(21)23-18-8)7-10-3-5-14(22-10)9-2-4-13(17)12(6-9)15(19)20/h2-7,18H,1H2,(H,19,20). The molecule has 0 amide bonds. The first kappa shape index (κ1) is 14.9. The summed E-state index contributed by atoms with van der Waals surface area (Å²) >= 11 is 5.84. The number of hydrogen-bond donors (Lipinski definition) is 2. The molecule has 2 heterocycles. The van der Waals surface area contributed by atoms with Crippen LogP contribution in [0.25, 0.3) is 24.0 Å². The summed E-state index contributed by atoms with van der Waals surface area (Å²) in [6, 6.07) is 7.87. The molecular weight excluding hydrogens is 322 g/mol. The minimum absolute atomic E-state index is 0.0163. The number of H-pyrrole nitrogens is 1. The maximum Gasteiger partial charge on any atom is 0.365 e. The Morgan fingerprint density at radius 1 is 1.30 bits per heavy atom. The van der Waals surface area contributed by atoms with Crippen molar-refractivity contribution in [3.63, 3.8) is 0 Å². The van der Waals surface area contributed by atoms with E-state index in [9.17, 15) is 9.59 Å². The smallest absolute Gasteiger partial charge is 0.365 e. The molecule has 0 aliphatic rings. The summed E-state index contributed by atoms with van der Waals surface area (Å²) in [4.78, 5) is 22.6. The van der Waals surface area contributed by atoms with Crippen LogP contribution in [0.1, 0.15) is 16.1 Å². The molecule has 0 spiro atoms. The van der Waals surface area contributed by atoms with E-state index >= 15 is 0 Å². The lowest BCUT2D eigenvalue weighted by molar-refractivity contribution is 0.0697. The number of rotatable bonds is 3. The Hall–Kier alpha value is -2.99. The van der Waals surface area contributed by atoms with Gasteiger partial charge in [0.1, 0.15) is 11.5 Å². The molecular formula is C16H10ClNO5. The van der Waals surface area contributed by atoms with Crippen LogP contribution in [0.2, 0.25) is 5.02 Å². The summed E-state index contributed by atoms with van der Waals surface area (Å²) in [6.07, 6.45) is 1.49. The zero-order valence-corrected chi connectivity index (χ0v) is 12.4. The Bertz CT molecular complexity index is 1030. The van der Waals surface area contributed by atoms with Crippen molar-refractivity contribution in [2.75, 3.05) is 0 Å². The summed E-state index contributed by atoms with van der Waals surface area (Å²) in [6.45, 7) is 3.64. The molecule has 2 N–H and O–H groups in total. The van der Waals surface area contributed by atoms with E-state index < -0.39 is 11.6 Å². The molecule has 0 atom stereocenters. The van der Waals surface area contributed by atoms with Crippen LogP contribution >= 0.6 is 11.6 Å². The molecule has 0 fully saturated rings. The molecule has 3 aromatic rings. The van der Waals surface area contributed by atoms with Crippen LogP contribution in [0.3, 0.4) is 0 Å². The fourth-order valence-electron chi connectivity index (χ4n) is 2.06. The normalized spacial score (nSPS) is 11.8. The monoisotopic (exact) mass is 331 g/mol. The fraction of sp³-hybridized carbons (Fsp3) is 0. The third-order valence-electron chi connectivity index (χ3n) is 3.21. The van der Waals surface area contributed by atoms with Crippen molar-refractivity contribution in [1.82, 2.24) is 5.16 Å². The van der Waals surface area contributed by atoms with Crippen molar-refractivity contribution in [2.24, 2.45) is 0 Å². The maximum absolute atomic E-state index is 11.5. The Morgan fingerprint density at radius 3 is 2.74 bits per heavy atom. The molecule has 1 aromatic carbocycles. The van der Waals surface area contributed by atoms with Crippen LogP contribution in [-0.2, 0) is 0 Å². The number of carbonyl (C=O) groups is 1. The highest BCUT2D eigenvalue weighted by molar-refractivity contribution is 6.33. The number of aromatic carboxylic acids is 1. The minimum atomic E-state index is -1.12. The van der Waals surface area contributed by atoms with Gasteiger partial charge in [0.15, 0.2) is 0 Å². The van der Waals surface area contributed by atoms with Crippen LogP contribution < -0.4 is 16.2 Å². The highest BCUT2D eigenvalue weighted by atomic mass is 35.5. The summed E-state index contributed by atoms with van der Waals surface area (Å²) in [7, 11) is 0. The van der Waals surface area contributed by atoms with Gasteiger partial charge in [-0.1, -0.05) is 18.2 Å². The molecule has 0 aliphatic heterocycles. The van der Waals surface area contributed by atoms with Gasteiger partial charge in [-0.2, -0.15) is 0 Å². The average Bonchev–Trinajstić information content (AvgIpc) is 3.10. The minimum Gasteiger partial charge on any atom is -0.478 e. The van der Waals surface area contributed by atoms with Gasteiger partial charge >= 0.3 is 11.6 Å². The topological polar surface area (TPSA) is 96.4 Å². The third-order valence-corrected chi connectivity index (χ3v) is 3.54. The average molecular weight is 332 g/mol. The lowest BCUT2D eigenvalue weighted by atomic mass is 10.1. The number of aromatic nitrogens is 1. The Balaban J connectivity index is 2.05. The molecule has 0 aliphatic carbocycles. The van der Waals surface area contributed by atoms with Crippen LogP contribution in [0, 0.1) is 0 Å². The molecule has 116 valence electrons. The van der Waals surface area contributed by atoms with E-state index in [-0.39, 0.29) is 15.8 Å². The molecule has 0 radical (unpaired) electrons. The molecule has 0 saturated carbocycles. The van der Waals surface area contributed by atoms with Crippen LogP contribution in [-0.4, -0.2) is 16.2 Å². The number of aromatic amines is 1. The first-order chi connectivity index (χ1) is 11.0. The molecule has 3 rings (SSSR count). The predicted octanol–water partition coefficient (Wildman–Crippen LogP) is 1.82. The van der Waals surface area contributed by atoms with E-state index in [2.05, 4.69) is 16.3 Å². The number of carboxylic acid groups (broad SMARTS) is 1. The number of carboxylic acids is 1. The highest BCUT2D eigenvalue weighted by Crippen LogP contribution is 2.27. The van der Waals surface area contributed by atoms with Crippen molar-refractivity contribution < 1.29 is 18.8 Å². The summed E-state index contributed by atoms with van der Waals surface area (Å²) in [5, 5.41) is 12.2. The largest absolute Gasteiger partial charge is 0.478 e. The second kappa shape index (κ2) is 5.66. The zero-order valence-electron chi connectivity index (χ0n) is 11.6. The molecule has 6 nitrogen and oxygen atoms in total. The number of hydrogen-bond acceptors (Lipinski definition) is 4. The summed E-state index contributed by atoms with van der Waals surface area (Å²) < 4.78 is 10.2. The lowest BCUT2D eigenvalue weighted by Gasteiger charge is -2.01. The van der Waals surface area contributed by atoms with E-state index in [4.69, 9.17) is 21.1 Å². The first-order valence-electron chi connectivity index (χ1n) is 6.47. The Morgan fingerprint density at radius 2 is 2.09 bits per heavy atom. The van der Waals surface area contributed by atoms with Crippen LogP contribution in [0.5, 0.6) is 0 Å². The summed E-state index contributed by atoms with van der Waals surface area (Å²) in [5.74, 6) is -0.272. The molecule has 7 heteroatoms. The fourth-order valence-corrected chi connectivity index (χ4v) is 2.26. The van der Waals surface area contributed by atoms with E-state index in [0.717, 1.165) is 0 Å². The zero-order chi connectivity index (χ0) is 16.6. The molecule has 23 heavy (non-hydrogen) atoms. The molecule has 0 bridgehead atoms. The van der Waals surface area contributed by atoms with Gasteiger partial charge in [-0.05, 0) is 36.4 Å². The SMILES string of the molecule is C=c1[nH]oc(=O)c1=Cc1ccc(-c2ccc(Cl)c(C(=O)O)c2)o1. The van der Waals surface area contributed by atoms with Gasteiger partial charge in [-0.25, -0.2) is 14.7 Å². The number of halogens is 1. The summed E-state index contributed by atoms with van der Waals surface area (Å²) in [5.41, 5.74) is -0.00701.